The number of aryl methyl sites for hydroxylation is 1. The maximum absolute atomic E-state index is 12.8. The van der Waals surface area contributed by atoms with E-state index in [9.17, 15) is 18.0 Å². The second kappa shape index (κ2) is 9.39. The van der Waals surface area contributed by atoms with E-state index in [1.807, 2.05) is 0 Å². The minimum absolute atomic E-state index is 0.0547. The molecule has 0 heterocycles. The predicted molar refractivity (Wildman–Crippen MR) is 114 cm³/mol. The minimum atomic E-state index is -3.69. The second-order valence-electron chi connectivity index (χ2n) is 6.29. The van der Waals surface area contributed by atoms with Crippen LogP contribution in [0, 0.1) is 6.92 Å². The van der Waals surface area contributed by atoms with Crippen LogP contribution < -0.4 is 10.6 Å². The number of amides is 2. The number of sulfonamides is 1. The smallest absolute Gasteiger partial charge is 0.255 e. The van der Waals surface area contributed by atoms with Crippen LogP contribution >= 0.6 is 11.6 Å². The van der Waals surface area contributed by atoms with Crippen LogP contribution in [0.5, 0.6) is 0 Å². The molecule has 2 N–H and O–H groups in total. The standard InChI is InChI=1S/C20H24ClN3O4S/c1-5-24(6-2)29(27,28)15-9-7-13(3)16(12-15)20(26)23-14-8-10-18(21)17(11-14)19(25)22-4/h7-12H,5-6H2,1-4H3,(H,22,25)(H,23,26). The normalized spacial score (nSPS) is 11.4. The summed E-state index contributed by atoms with van der Waals surface area (Å²) >= 11 is 6.03. The molecule has 0 atom stereocenters. The monoisotopic (exact) mass is 437 g/mol. The molecule has 2 amide bonds. The van der Waals surface area contributed by atoms with Gasteiger partial charge in [-0.3, -0.25) is 9.59 Å². The van der Waals surface area contributed by atoms with Crippen molar-refractivity contribution in [2.24, 2.45) is 0 Å². The average Bonchev–Trinajstić information content (AvgIpc) is 2.69. The van der Waals surface area contributed by atoms with Gasteiger partial charge >= 0.3 is 0 Å². The van der Waals surface area contributed by atoms with E-state index in [-0.39, 0.29) is 27.0 Å². The van der Waals surface area contributed by atoms with Gasteiger partial charge in [0, 0.05) is 31.4 Å². The summed E-state index contributed by atoms with van der Waals surface area (Å²) in [4.78, 5) is 24.8. The summed E-state index contributed by atoms with van der Waals surface area (Å²) in [7, 11) is -2.21. The fourth-order valence-electron chi connectivity index (χ4n) is 2.83. The number of carbonyl (C=O) groups is 2. The Morgan fingerprint density at radius 1 is 1.00 bits per heavy atom. The Hall–Kier alpha value is -2.42. The number of nitrogens with zero attached hydrogens (tertiary/aromatic N) is 1. The third-order valence-corrected chi connectivity index (χ3v) is 6.87. The molecule has 0 unspecified atom stereocenters. The molecule has 2 aromatic rings. The van der Waals surface area contributed by atoms with Crippen molar-refractivity contribution < 1.29 is 18.0 Å². The van der Waals surface area contributed by atoms with Crippen LogP contribution in [0.3, 0.4) is 0 Å². The van der Waals surface area contributed by atoms with Gasteiger partial charge in [0.25, 0.3) is 11.8 Å². The number of nitrogens with one attached hydrogen (secondary N) is 2. The van der Waals surface area contributed by atoms with Gasteiger partial charge in [-0.05, 0) is 42.8 Å². The van der Waals surface area contributed by atoms with Crippen LogP contribution in [0.1, 0.15) is 40.1 Å². The zero-order chi connectivity index (χ0) is 21.8. The summed E-state index contributed by atoms with van der Waals surface area (Å²) in [5, 5.41) is 5.43. The number of hydrogen-bond acceptors (Lipinski definition) is 4. The molecule has 0 saturated carbocycles. The molecule has 156 valence electrons. The third-order valence-electron chi connectivity index (χ3n) is 4.49. The van der Waals surface area contributed by atoms with E-state index in [1.165, 1.54) is 35.6 Å². The topological polar surface area (TPSA) is 95.6 Å². The predicted octanol–water partition coefficient (Wildman–Crippen LogP) is 3.29. The summed E-state index contributed by atoms with van der Waals surface area (Å²) in [5.41, 5.74) is 1.45. The van der Waals surface area contributed by atoms with Crippen LogP contribution in [0.2, 0.25) is 5.02 Å². The van der Waals surface area contributed by atoms with Gasteiger partial charge in [0.2, 0.25) is 10.0 Å². The molecule has 2 aromatic carbocycles. The fourth-order valence-corrected chi connectivity index (χ4v) is 4.52. The van der Waals surface area contributed by atoms with Gasteiger partial charge in [-0.1, -0.05) is 31.5 Å². The van der Waals surface area contributed by atoms with Gasteiger partial charge in [-0.15, -0.1) is 0 Å². The van der Waals surface area contributed by atoms with E-state index >= 15 is 0 Å². The Kier molecular flexibility index (Phi) is 7.40. The summed E-state index contributed by atoms with van der Waals surface area (Å²) in [5.74, 6) is -0.862. The van der Waals surface area contributed by atoms with Crippen molar-refractivity contribution in [2.45, 2.75) is 25.7 Å². The van der Waals surface area contributed by atoms with Crippen molar-refractivity contribution in [2.75, 3.05) is 25.5 Å². The lowest BCUT2D eigenvalue weighted by molar-refractivity contribution is 0.0961. The Morgan fingerprint density at radius 3 is 2.24 bits per heavy atom. The van der Waals surface area contributed by atoms with E-state index in [1.54, 1.807) is 32.9 Å². The Labute approximate surface area is 176 Å². The van der Waals surface area contributed by atoms with Crippen molar-refractivity contribution in [3.8, 4) is 0 Å². The highest BCUT2D eigenvalue weighted by atomic mass is 35.5. The van der Waals surface area contributed by atoms with Gasteiger partial charge in [-0.2, -0.15) is 4.31 Å². The van der Waals surface area contributed by atoms with Gasteiger partial charge < -0.3 is 10.6 Å². The largest absolute Gasteiger partial charge is 0.355 e. The van der Waals surface area contributed by atoms with Crippen LogP contribution in [0.4, 0.5) is 5.69 Å². The molecule has 7 nitrogen and oxygen atoms in total. The maximum Gasteiger partial charge on any atom is 0.255 e. The van der Waals surface area contributed by atoms with E-state index in [2.05, 4.69) is 10.6 Å². The molecule has 0 aromatic heterocycles. The molecule has 0 bridgehead atoms. The molecule has 0 spiro atoms. The Morgan fingerprint density at radius 2 is 1.66 bits per heavy atom. The van der Waals surface area contributed by atoms with Crippen molar-refractivity contribution in [3.63, 3.8) is 0 Å². The minimum Gasteiger partial charge on any atom is -0.355 e. The number of halogens is 1. The van der Waals surface area contributed by atoms with E-state index in [0.29, 0.717) is 24.3 Å². The third kappa shape index (κ3) is 4.95. The van der Waals surface area contributed by atoms with Crippen molar-refractivity contribution in [3.05, 3.63) is 58.1 Å². The number of benzene rings is 2. The lowest BCUT2D eigenvalue weighted by Crippen LogP contribution is -2.30. The van der Waals surface area contributed by atoms with Crippen LogP contribution in [0.25, 0.3) is 0 Å². The Bertz CT molecular complexity index is 1030. The molecular formula is C20H24ClN3O4S. The van der Waals surface area contributed by atoms with E-state index < -0.39 is 15.9 Å². The summed E-state index contributed by atoms with van der Waals surface area (Å²) in [6, 6.07) is 9.00. The molecule has 0 aliphatic rings. The van der Waals surface area contributed by atoms with Crippen molar-refractivity contribution >= 4 is 39.1 Å². The highest BCUT2D eigenvalue weighted by Gasteiger charge is 2.23. The first kappa shape index (κ1) is 22.9. The van der Waals surface area contributed by atoms with E-state index in [4.69, 9.17) is 11.6 Å². The number of carbonyl (C=O) groups excluding carboxylic acids is 2. The number of rotatable bonds is 7. The van der Waals surface area contributed by atoms with Gasteiger partial charge in [-0.25, -0.2) is 8.42 Å². The number of hydrogen-bond donors (Lipinski definition) is 2. The zero-order valence-electron chi connectivity index (χ0n) is 16.7. The maximum atomic E-state index is 12.8. The van der Waals surface area contributed by atoms with Crippen molar-refractivity contribution in [1.29, 1.82) is 0 Å². The summed E-state index contributed by atoms with van der Waals surface area (Å²) < 4.78 is 26.9. The second-order valence-corrected chi connectivity index (χ2v) is 8.64. The highest BCUT2D eigenvalue weighted by molar-refractivity contribution is 7.89. The molecule has 0 aliphatic carbocycles. The van der Waals surface area contributed by atoms with Crippen molar-refractivity contribution in [1.82, 2.24) is 9.62 Å². The fraction of sp³-hybridized carbons (Fsp3) is 0.300. The average molecular weight is 438 g/mol. The lowest BCUT2D eigenvalue weighted by Gasteiger charge is -2.19. The molecular weight excluding hydrogens is 414 g/mol. The van der Waals surface area contributed by atoms with Gasteiger partial charge in [0.15, 0.2) is 0 Å². The first-order valence-electron chi connectivity index (χ1n) is 9.09. The molecule has 2 rings (SSSR count). The zero-order valence-corrected chi connectivity index (χ0v) is 18.3. The van der Waals surface area contributed by atoms with Crippen LogP contribution in [-0.4, -0.2) is 44.7 Å². The van der Waals surface area contributed by atoms with Gasteiger partial charge in [0.1, 0.15) is 0 Å². The quantitative estimate of drug-likeness (QED) is 0.694. The van der Waals surface area contributed by atoms with E-state index in [0.717, 1.165) is 0 Å². The molecule has 0 fully saturated rings. The molecule has 0 saturated heterocycles. The first-order chi connectivity index (χ1) is 13.6. The molecule has 29 heavy (non-hydrogen) atoms. The molecule has 0 radical (unpaired) electrons. The van der Waals surface area contributed by atoms with Crippen LogP contribution in [0.15, 0.2) is 41.3 Å². The van der Waals surface area contributed by atoms with Gasteiger partial charge in [0.05, 0.1) is 15.5 Å². The number of anilines is 1. The molecule has 0 aliphatic heterocycles. The Balaban J connectivity index is 2.38. The highest BCUT2D eigenvalue weighted by Crippen LogP contribution is 2.23. The van der Waals surface area contributed by atoms with Crippen LogP contribution in [-0.2, 0) is 10.0 Å². The SMILES string of the molecule is CCN(CC)S(=O)(=O)c1ccc(C)c(C(=O)Nc2ccc(Cl)c(C(=O)NC)c2)c1. The first-order valence-corrected chi connectivity index (χ1v) is 10.9. The summed E-state index contributed by atoms with van der Waals surface area (Å²) in [6.07, 6.45) is 0. The summed E-state index contributed by atoms with van der Waals surface area (Å²) in [6.45, 7) is 5.91. The lowest BCUT2D eigenvalue weighted by atomic mass is 10.1. The molecule has 9 heteroatoms.